The zero-order valence-corrected chi connectivity index (χ0v) is 24.1. The Morgan fingerprint density at radius 2 is 1.62 bits per heavy atom. The van der Waals surface area contributed by atoms with Crippen LogP contribution < -0.4 is 0 Å². The molecule has 0 radical (unpaired) electrons. The molecule has 32 heavy (non-hydrogen) atoms. The van der Waals surface area contributed by atoms with Gasteiger partial charge in [-0.15, -0.1) is 0 Å². The second kappa shape index (κ2) is 9.23. The second-order valence-electron chi connectivity index (χ2n) is 13.1. The lowest BCUT2D eigenvalue weighted by atomic mass is 9.76. The van der Waals surface area contributed by atoms with Gasteiger partial charge in [0, 0.05) is 24.9 Å². The monoisotopic (exact) mass is 486 g/mol. The number of piperidine rings is 1. The molecule has 2 rings (SSSR count). The van der Waals surface area contributed by atoms with Crippen molar-refractivity contribution < 1.29 is 18.5 Å². The van der Waals surface area contributed by atoms with Crippen LogP contribution in [0.4, 0.5) is 4.79 Å². The molecule has 2 unspecified atom stereocenters. The van der Waals surface area contributed by atoms with Crippen LogP contribution in [0.15, 0.2) is 4.40 Å². The Hall–Kier alpha value is -0.573. The van der Waals surface area contributed by atoms with Gasteiger partial charge in [-0.05, 0) is 78.9 Å². The lowest BCUT2D eigenvalue weighted by molar-refractivity contribution is 0.0143. The molecule has 0 aromatic carbocycles. The van der Waals surface area contributed by atoms with Gasteiger partial charge in [0.05, 0.1) is 11.8 Å². The minimum atomic E-state index is -1.93. The molecule has 1 aliphatic carbocycles. The number of nitrogens with zero attached hydrogens (tertiary/aromatic N) is 2. The van der Waals surface area contributed by atoms with E-state index in [1.165, 1.54) is 0 Å². The predicted molar refractivity (Wildman–Crippen MR) is 136 cm³/mol. The molecule has 1 spiro atoms. The second-order valence-corrected chi connectivity index (χ2v) is 19.7. The highest BCUT2D eigenvalue weighted by atomic mass is 32.2. The van der Waals surface area contributed by atoms with Crippen molar-refractivity contribution in [3.63, 3.8) is 0 Å². The molecule has 1 aliphatic heterocycles. The fourth-order valence-electron chi connectivity index (χ4n) is 4.04. The van der Waals surface area contributed by atoms with Crippen molar-refractivity contribution in [2.45, 2.75) is 123 Å². The molecule has 6 nitrogen and oxygen atoms in total. The van der Waals surface area contributed by atoms with Crippen LogP contribution in [-0.2, 0) is 20.5 Å². The quantitative estimate of drug-likeness (QED) is 0.357. The number of rotatable bonds is 3. The van der Waals surface area contributed by atoms with E-state index >= 15 is 0 Å². The molecule has 0 N–H and O–H groups in total. The molecule has 186 valence electrons. The van der Waals surface area contributed by atoms with Crippen LogP contribution in [0.2, 0.25) is 18.1 Å². The minimum absolute atomic E-state index is 0.0969. The summed E-state index contributed by atoms with van der Waals surface area (Å²) < 4.78 is 29.7. The largest absolute Gasteiger partial charge is 0.591 e. The van der Waals surface area contributed by atoms with Crippen LogP contribution in [0.3, 0.4) is 0 Å². The van der Waals surface area contributed by atoms with Crippen molar-refractivity contribution in [3.05, 3.63) is 0 Å². The Labute approximate surface area is 200 Å². The SMILES string of the molecule is CC(C)(C)OC(=O)N1CCC2(CC1)CC(O[Si](C)(C)C(C)(C)C)C/C2=N\[S+]([O-])C(C)(C)C. The minimum Gasteiger partial charge on any atom is -0.591 e. The molecular formula is C24H46N2O4SSi. The highest BCUT2D eigenvalue weighted by Crippen LogP contribution is 2.48. The van der Waals surface area contributed by atoms with Crippen LogP contribution in [0.1, 0.15) is 88.0 Å². The fraction of sp³-hybridized carbons (Fsp3) is 0.917. The zero-order valence-electron chi connectivity index (χ0n) is 22.3. The number of ether oxygens (including phenoxy) is 1. The Kier molecular flexibility index (Phi) is 7.98. The van der Waals surface area contributed by atoms with Gasteiger partial charge in [-0.25, -0.2) is 4.79 Å². The summed E-state index contributed by atoms with van der Waals surface area (Å²) in [5.74, 6) is 0. The predicted octanol–water partition coefficient (Wildman–Crippen LogP) is 6.09. The molecule has 0 aromatic heterocycles. The smallest absolute Gasteiger partial charge is 0.410 e. The highest BCUT2D eigenvalue weighted by molar-refractivity contribution is 7.91. The summed E-state index contributed by atoms with van der Waals surface area (Å²) in [5.41, 5.74) is 0.378. The maximum atomic E-state index is 12.9. The van der Waals surface area contributed by atoms with Crippen LogP contribution in [-0.4, -0.2) is 59.1 Å². The molecular weight excluding hydrogens is 440 g/mol. The number of hydrogen-bond acceptors (Lipinski definition) is 5. The van der Waals surface area contributed by atoms with Crippen molar-refractivity contribution >= 4 is 31.5 Å². The molecule has 0 aromatic rings. The summed E-state index contributed by atoms with van der Waals surface area (Å²) in [6.45, 7) is 24.2. The number of carbonyl (C=O) groups is 1. The molecule has 2 aliphatic rings. The van der Waals surface area contributed by atoms with Crippen molar-refractivity contribution in [2.75, 3.05) is 13.1 Å². The zero-order chi connectivity index (χ0) is 24.8. The Bertz CT molecular complexity index is 711. The number of amides is 1. The summed E-state index contributed by atoms with van der Waals surface area (Å²) in [5, 5.41) is 0.133. The van der Waals surface area contributed by atoms with Gasteiger partial charge >= 0.3 is 6.09 Å². The van der Waals surface area contributed by atoms with E-state index in [1.807, 2.05) is 41.5 Å². The number of hydrogen-bond donors (Lipinski definition) is 0. The normalized spacial score (nSPS) is 24.8. The maximum Gasteiger partial charge on any atom is 0.410 e. The van der Waals surface area contributed by atoms with E-state index in [-0.39, 0.29) is 22.7 Å². The lowest BCUT2D eigenvalue weighted by Crippen LogP contribution is -2.47. The topological polar surface area (TPSA) is 74.2 Å². The van der Waals surface area contributed by atoms with Crippen LogP contribution in [0.25, 0.3) is 0 Å². The first kappa shape index (κ1) is 27.7. The average Bonchev–Trinajstić information content (AvgIpc) is 2.87. The average molecular weight is 487 g/mol. The van der Waals surface area contributed by atoms with E-state index in [2.05, 4.69) is 33.9 Å². The standard InChI is InChI=1S/C24H46N2O4SSi/c1-21(2,3)29-20(27)26-14-12-24(13-15-26)17-18(30-32(10,11)23(7,8)9)16-19(24)25-31(28)22(4,5)6/h18H,12-17H2,1-11H3/b25-19+. The van der Waals surface area contributed by atoms with E-state index in [9.17, 15) is 9.35 Å². The summed E-state index contributed by atoms with van der Waals surface area (Å²) in [7, 11) is -1.93. The summed E-state index contributed by atoms with van der Waals surface area (Å²) >= 11 is -1.30. The van der Waals surface area contributed by atoms with E-state index < -0.39 is 30.0 Å². The van der Waals surface area contributed by atoms with Crippen LogP contribution >= 0.6 is 0 Å². The van der Waals surface area contributed by atoms with Gasteiger partial charge in [0.15, 0.2) is 8.32 Å². The molecule has 0 bridgehead atoms. The molecule has 2 fully saturated rings. The molecule has 2 atom stereocenters. The van der Waals surface area contributed by atoms with Crippen molar-refractivity contribution in [1.29, 1.82) is 0 Å². The van der Waals surface area contributed by atoms with Gasteiger partial charge < -0.3 is 18.6 Å². The van der Waals surface area contributed by atoms with Crippen LogP contribution in [0.5, 0.6) is 0 Å². The molecule has 8 heteroatoms. The number of likely N-dealkylation sites (tertiary alicyclic amines) is 1. The van der Waals surface area contributed by atoms with Crippen molar-refractivity contribution in [1.82, 2.24) is 4.90 Å². The Balaban J connectivity index is 2.24. The van der Waals surface area contributed by atoms with Gasteiger partial charge in [-0.2, -0.15) is 0 Å². The fourth-order valence-corrected chi connectivity index (χ4v) is 6.14. The third-order valence-corrected chi connectivity index (χ3v) is 13.0. The van der Waals surface area contributed by atoms with Crippen molar-refractivity contribution in [2.24, 2.45) is 9.81 Å². The lowest BCUT2D eigenvalue weighted by Gasteiger charge is -2.41. The van der Waals surface area contributed by atoms with Crippen molar-refractivity contribution in [3.8, 4) is 0 Å². The van der Waals surface area contributed by atoms with Gasteiger partial charge in [0.1, 0.15) is 21.7 Å². The molecule has 1 saturated carbocycles. The Morgan fingerprint density at radius 3 is 2.06 bits per heavy atom. The molecule has 1 saturated heterocycles. The molecule has 1 heterocycles. The summed E-state index contributed by atoms with van der Waals surface area (Å²) in [6, 6.07) is 0. The van der Waals surface area contributed by atoms with Crippen LogP contribution in [0, 0.1) is 5.41 Å². The van der Waals surface area contributed by atoms with E-state index in [4.69, 9.17) is 13.6 Å². The molecule has 1 amide bonds. The van der Waals surface area contributed by atoms with E-state index in [1.54, 1.807) is 4.90 Å². The maximum absolute atomic E-state index is 12.9. The first-order chi connectivity index (χ1) is 14.3. The first-order valence-corrected chi connectivity index (χ1v) is 15.9. The summed E-state index contributed by atoms with van der Waals surface area (Å²) in [4.78, 5) is 14.4. The third-order valence-electron chi connectivity index (χ3n) is 7.01. The Morgan fingerprint density at radius 1 is 1.09 bits per heavy atom. The van der Waals surface area contributed by atoms with Gasteiger partial charge in [-0.1, -0.05) is 25.2 Å². The van der Waals surface area contributed by atoms with E-state index in [0.29, 0.717) is 13.1 Å². The van der Waals surface area contributed by atoms with Gasteiger partial charge in [0.2, 0.25) is 0 Å². The summed E-state index contributed by atoms with van der Waals surface area (Å²) in [6.07, 6.45) is 3.09. The number of carbonyl (C=O) groups excluding carboxylic acids is 1. The van der Waals surface area contributed by atoms with Gasteiger partial charge in [-0.3, -0.25) is 0 Å². The van der Waals surface area contributed by atoms with E-state index in [0.717, 1.165) is 31.4 Å². The first-order valence-electron chi connectivity index (χ1n) is 11.9. The van der Waals surface area contributed by atoms with Gasteiger partial charge in [0.25, 0.3) is 0 Å². The third kappa shape index (κ3) is 6.73. The highest BCUT2D eigenvalue weighted by Gasteiger charge is 2.51.